The molecule has 3 amide bonds. The van der Waals surface area contributed by atoms with Crippen LogP contribution in [0.2, 0.25) is 0 Å². The fourth-order valence-corrected chi connectivity index (χ4v) is 2.98. The summed E-state index contributed by atoms with van der Waals surface area (Å²) in [6, 6.07) is 5.24. The van der Waals surface area contributed by atoms with Gasteiger partial charge in [0.1, 0.15) is 18.1 Å². The van der Waals surface area contributed by atoms with Crippen molar-refractivity contribution in [3.8, 4) is 0 Å². The van der Waals surface area contributed by atoms with Crippen LogP contribution in [-0.4, -0.2) is 65.0 Å². The zero-order valence-corrected chi connectivity index (χ0v) is 18.2. The highest BCUT2D eigenvalue weighted by molar-refractivity contribution is 7.98. The molecule has 0 aromatic heterocycles. The summed E-state index contributed by atoms with van der Waals surface area (Å²) in [4.78, 5) is 48.3. The fraction of sp³-hybridized carbons (Fsp3) is 0.500. The average Bonchev–Trinajstić information content (AvgIpc) is 2.71. The largest absolute Gasteiger partial charge is 0.480 e. The quantitative estimate of drug-likeness (QED) is 0.305. The summed E-state index contributed by atoms with van der Waals surface area (Å²) in [6.45, 7) is 2.83. The number of thioether (sulfide) groups is 1. The molecule has 0 aliphatic carbocycles. The van der Waals surface area contributed by atoms with E-state index in [0.717, 1.165) is 11.3 Å². The Kier molecular flexibility index (Phi) is 10.9. The lowest BCUT2D eigenvalue weighted by molar-refractivity contribution is -0.141. The number of benzene rings is 1. The number of hydrogen-bond acceptors (Lipinski definition) is 6. The predicted octanol–water partition coefficient (Wildman–Crippen LogP) is -0.112. The first-order valence-corrected chi connectivity index (χ1v) is 11.0. The third-order valence-corrected chi connectivity index (χ3v) is 5.01. The van der Waals surface area contributed by atoms with Crippen LogP contribution in [0.25, 0.3) is 0 Å². The van der Waals surface area contributed by atoms with E-state index in [2.05, 4.69) is 16.0 Å². The second kappa shape index (κ2) is 12.9. The van der Waals surface area contributed by atoms with Gasteiger partial charge in [0.25, 0.3) is 0 Å². The van der Waals surface area contributed by atoms with Crippen LogP contribution in [-0.2, 0) is 25.6 Å². The molecule has 1 aromatic carbocycles. The van der Waals surface area contributed by atoms with Gasteiger partial charge in [-0.3, -0.25) is 19.2 Å². The third kappa shape index (κ3) is 8.83. The lowest BCUT2D eigenvalue weighted by atomic mass is 10.0. The zero-order valence-electron chi connectivity index (χ0n) is 17.4. The number of nitrogens with one attached hydrogen (secondary N) is 3. The molecule has 1 rings (SSSR count). The standard InChI is InChI=1S/C20H30N4O5S/c1-12(22-18(26)15(21)9-10-30-3)17(25)24-16(11-14-7-5-4-6-8-14)19(27)23-13(2)20(28)29/h4-8,12-13,15-16H,9-11,21H2,1-3H3,(H,22,26)(H,23,27)(H,24,25)(H,28,29). The Labute approximate surface area is 180 Å². The summed E-state index contributed by atoms with van der Waals surface area (Å²) >= 11 is 1.57. The Morgan fingerprint density at radius 1 is 0.967 bits per heavy atom. The Balaban J connectivity index is 2.80. The molecule has 4 unspecified atom stereocenters. The summed E-state index contributed by atoms with van der Waals surface area (Å²) in [5.74, 6) is -2.11. The minimum Gasteiger partial charge on any atom is -0.480 e. The molecule has 0 radical (unpaired) electrons. The van der Waals surface area contributed by atoms with Crippen LogP contribution < -0.4 is 21.7 Å². The average molecular weight is 439 g/mol. The second-order valence-electron chi connectivity index (χ2n) is 6.94. The Bertz CT molecular complexity index is 731. The van der Waals surface area contributed by atoms with E-state index in [1.54, 1.807) is 36.0 Å². The maximum atomic E-state index is 12.6. The molecule has 0 heterocycles. The topological polar surface area (TPSA) is 151 Å². The Morgan fingerprint density at radius 3 is 2.13 bits per heavy atom. The summed E-state index contributed by atoms with van der Waals surface area (Å²) in [6.07, 6.45) is 2.55. The van der Waals surface area contributed by atoms with Gasteiger partial charge in [-0.15, -0.1) is 0 Å². The molecule has 1 aromatic rings. The molecule has 6 N–H and O–H groups in total. The van der Waals surface area contributed by atoms with Gasteiger partial charge in [-0.25, -0.2) is 0 Å². The molecule has 0 aliphatic rings. The number of amides is 3. The van der Waals surface area contributed by atoms with Crippen molar-refractivity contribution >= 4 is 35.5 Å². The summed E-state index contributed by atoms with van der Waals surface area (Å²) < 4.78 is 0. The van der Waals surface area contributed by atoms with Crippen molar-refractivity contribution in [2.75, 3.05) is 12.0 Å². The smallest absolute Gasteiger partial charge is 0.325 e. The molecule has 0 saturated heterocycles. The summed E-state index contributed by atoms with van der Waals surface area (Å²) in [7, 11) is 0. The van der Waals surface area contributed by atoms with Crippen molar-refractivity contribution in [2.24, 2.45) is 5.73 Å². The first kappa shape index (κ1) is 25.4. The van der Waals surface area contributed by atoms with Crippen LogP contribution >= 0.6 is 11.8 Å². The number of hydrogen-bond donors (Lipinski definition) is 5. The van der Waals surface area contributed by atoms with Crippen LogP contribution in [0.15, 0.2) is 30.3 Å². The van der Waals surface area contributed by atoms with Gasteiger partial charge in [-0.2, -0.15) is 11.8 Å². The molecule has 0 spiro atoms. The minimum absolute atomic E-state index is 0.165. The van der Waals surface area contributed by atoms with Crippen LogP contribution in [0.5, 0.6) is 0 Å². The van der Waals surface area contributed by atoms with Crippen molar-refractivity contribution < 1.29 is 24.3 Å². The molecule has 0 bridgehead atoms. The number of aliphatic carboxylic acids is 1. The van der Waals surface area contributed by atoms with Gasteiger partial charge in [-0.1, -0.05) is 30.3 Å². The molecular formula is C20H30N4O5S. The molecule has 9 nitrogen and oxygen atoms in total. The zero-order chi connectivity index (χ0) is 22.7. The van der Waals surface area contributed by atoms with Crippen molar-refractivity contribution in [2.45, 2.75) is 50.9 Å². The number of carboxylic acids is 1. The fourth-order valence-electron chi connectivity index (χ4n) is 2.49. The second-order valence-corrected chi connectivity index (χ2v) is 7.92. The summed E-state index contributed by atoms with van der Waals surface area (Å²) in [5, 5.41) is 16.5. The minimum atomic E-state index is -1.19. The van der Waals surface area contributed by atoms with E-state index in [1.165, 1.54) is 13.8 Å². The summed E-state index contributed by atoms with van der Waals surface area (Å²) in [5.41, 5.74) is 6.60. The van der Waals surface area contributed by atoms with Gasteiger partial charge in [-0.05, 0) is 37.8 Å². The van der Waals surface area contributed by atoms with E-state index in [-0.39, 0.29) is 6.42 Å². The van der Waals surface area contributed by atoms with E-state index in [9.17, 15) is 19.2 Å². The van der Waals surface area contributed by atoms with E-state index in [0.29, 0.717) is 6.42 Å². The van der Waals surface area contributed by atoms with Crippen molar-refractivity contribution in [3.63, 3.8) is 0 Å². The SMILES string of the molecule is CSCCC(N)C(=O)NC(C)C(=O)NC(Cc1ccccc1)C(=O)NC(C)C(=O)O. The van der Waals surface area contributed by atoms with E-state index in [4.69, 9.17) is 10.8 Å². The first-order valence-electron chi connectivity index (χ1n) is 9.58. The van der Waals surface area contributed by atoms with Crippen LogP contribution in [0.3, 0.4) is 0 Å². The molecule has 10 heteroatoms. The van der Waals surface area contributed by atoms with Gasteiger partial charge in [0.2, 0.25) is 17.7 Å². The molecule has 30 heavy (non-hydrogen) atoms. The first-order chi connectivity index (χ1) is 14.1. The Morgan fingerprint density at radius 2 is 1.57 bits per heavy atom. The van der Waals surface area contributed by atoms with E-state index in [1.807, 2.05) is 12.3 Å². The number of carboxylic acid groups (broad SMARTS) is 1. The normalized spacial score (nSPS) is 14.7. The lowest BCUT2D eigenvalue weighted by Crippen LogP contribution is -2.56. The lowest BCUT2D eigenvalue weighted by Gasteiger charge is -2.23. The van der Waals surface area contributed by atoms with Gasteiger partial charge < -0.3 is 26.8 Å². The molecular weight excluding hydrogens is 408 g/mol. The molecule has 0 saturated carbocycles. The third-order valence-electron chi connectivity index (χ3n) is 4.37. The van der Waals surface area contributed by atoms with Gasteiger partial charge in [0.05, 0.1) is 6.04 Å². The number of rotatable bonds is 12. The molecule has 0 fully saturated rings. The van der Waals surface area contributed by atoms with Crippen molar-refractivity contribution in [1.29, 1.82) is 0 Å². The van der Waals surface area contributed by atoms with Crippen LogP contribution in [0.4, 0.5) is 0 Å². The highest BCUT2D eigenvalue weighted by Crippen LogP contribution is 2.05. The number of carbonyl (C=O) groups excluding carboxylic acids is 3. The van der Waals surface area contributed by atoms with Crippen LogP contribution in [0, 0.1) is 0 Å². The molecule has 0 aliphatic heterocycles. The molecule has 4 atom stereocenters. The number of carbonyl (C=O) groups is 4. The van der Waals surface area contributed by atoms with Crippen LogP contribution in [0.1, 0.15) is 25.8 Å². The van der Waals surface area contributed by atoms with Gasteiger partial charge >= 0.3 is 5.97 Å². The van der Waals surface area contributed by atoms with Gasteiger partial charge in [0, 0.05) is 6.42 Å². The van der Waals surface area contributed by atoms with Gasteiger partial charge in [0.15, 0.2) is 0 Å². The number of nitrogens with two attached hydrogens (primary N) is 1. The van der Waals surface area contributed by atoms with Crippen molar-refractivity contribution in [1.82, 2.24) is 16.0 Å². The monoisotopic (exact) mass is 438 g/mol. The van der Waals surface area contributed by atoms with E-state index >= 15 is 0 Å². The predicted molar refractivity (Wildman–Crippen MR) is 116 cm³/mol. The Hall–Kier alpha value is -2.59. The van der Waals surface area contributed by atoms with E-state index < -0.39 is 47.9 Å². The molecule has 166 valence electrons. The maximum Gasteiger partial charge on any atom is 0.325 e. The van der Waals surface area contributed by atoms with Crippen molar-refractivity contribution in [3.05, 3.63) is 35.9 Å². The maximum absolute atomic E-state index is 12.6. The highest BCUT2D eigenvalue weighted by Gasteiger charge is 2.27. The highest BCUT2D eigenvalue weighted by atomic mass is 32.2.